The van der Waals surface area contributed by atoms with Crippen molar-refractivity contribution in [1.29, 1.82) is 0 Å². The molecule has 0 aromatic heterocycles. The summed E-state index contributed by atoms with van der Waals surface area (Å²) in [5.41, 5.74) is 0. The van der Waals surface area contributed by atoms with E-state index in [4.69, 9.17) is 9.84 Å². The zero-order valence-corrected chi connectivity index (χ0v) is 6.16. The van der Waals surface area contributed by atoms with Crippen LogP contribution in [-0.4, -0.2) is 37.5 Å². The SMILES string of the molecule is COC(C)COC(=O)CO. The first-order valence-electron chi connectivity index (χ1n) is 3.00. The summed E-state index contributed by atoms with van der Waals surface area (Å²) >= 11 is 0. The van der Waals surface area contributed by atoms with Crippen LogP contribution in [-0.2, 0) is 14.3 Å². The zero-order chi connectivity index (χ0) is 7.98. The monoisotopic (exact) mass is 148 g/mol. The number of hydrogen-bond acceptors (Lipinski definition) is 4. The van der Waals surface area contributed by atoms with E-state index in [9.17, 15) is 4.79 Å². The highest BCUT2D eigenvalue weighted by atomic mass is 16.6. The Kier molecular flexibility index (Phi) is 4.88. The van der Waals surface area contributed by atoms with Crippen molar-refractivity contribution in [3.05, 3.63) is 0 Å². The van der Waals surface area contributed by atoms with Gasteiger partial charge in [0.1, 0.15) is 13.2 Å². The second kappa shape index (κ2) is 5.20. The molecule has 4 nitrogen and oxygen atoms in total. The molecule has 10 heavy (non-hydrogen) atoms. The molecule has 0 heterocycles. The van der Waals surface area contributed by atoms with Gasteiger partial charge in [0, 0.05) is 7.11 Å². The summed E-state index contributed by atoms with van der Waals surface area (Å²) in [6, 6.07) is 0. The van der Waals surface area contributed by atoms with Crippen molar-refractivity contribution >= 4 is 5.97 Å². The van der Waals surface area contributed by atoms with Crippen LogP contribution in [0, 0.1) is 0 Å². The van der Waals surface area contributed by atoms with E-state index in [1.54, 1.807) is 6.92 Å². The Morgan fingerprint density at radius 3 is 2.70 bits per heavy atom. The minimum Gasteiger partial charge on any atom is -0.461 e. The third kappa shape index (κ3) is 4.29. The third-order valence-corrected chi connectivity index (χ3v) is 1.01. The molecule has 0 aromatic carbocycles. The molecule has 1 N–H and O–H groups in total. The smallest absolute Gasteiger partial charge is 0.331 e. The first-order valence-corrected chi connectivity index (χ1v) is 3.00. The standard InChI is InChI=1S/C6H12O4/c1-5(9-2)4-10-6(8)3-7/h5,7H,3-4H2,1-2H3. The van der Waals surface area contributed by atoms with E-state index in [1.165, 1.54) is 7.11 Å². The molecule has 0 fully saturated rings. The van der Waals surface area contributed by atoms with E-state index >= 15 is 0 Å². The van der Waals surface area contributed by atoms with Crippen LogP contribution >= 0.6 is 0 Å². The van der Waals surface area contributed by atoms with Gasteiger partial charge in [0.05, 0.1) is 6.10 Å². The number of rotatable bonds is 4. The first-order chi connectivity index (χ1) is 4.70. The lowest BCUT2D eigenvalue weighted by atomic mass is 10.4. The third-order valence-electron chi connectivity index (χ3n) is 1.01. The second-order valence-corrected chi connectivity index (χ2v) is 1.89. The van der Waals surface area contributed by atoms with Crippen molar-refractivity contribution in [3.8, 4) is 0 Å². The van der Waals surface area contributed by atoms with Gasteiger partial charge in [-0.1, -0.05) is 0 Å². The molecule has 0 saturated carbocycles. The number of carbonyl (C=O) groups excluding carboxylic acids is 1. The van der Waals surface area contributed by atoms with Crippen LogP contribution in [0.4, 0.5) is 0 Å². The maximum atomic E-state index is 10.3. The Labute approximate surface area is 59.7 Å². The summed E-state index contributed by atoms with van der Waals surface area (Å²) in [4.78, 5) is 10.3. The number of aliphatic hydroxyl groups is 1. The van der Waals surface area contributed by atoms with Crippen LogP contribution in [0.15, 0.2) is 0 Å². The number of carbonyl (C=O) groups is 1. The van der Waals surface area contributed by atoms with E-state index in [0.29, 0.717) is 0 Å². The summed E-state index contributed by atoms with van der Waals surface area (Å²) < 4.78 is 9.32. The Morgan fingerprint density at radius 2 is 2.30 bits per heavy atom. The summed E-state index contributed by atoms with van der Waals surface area (Å²) in [7, 11) is 1.53. The molecule has 0 aliphatic heterocycles. The molecule has 60 valence electrons. The molecule has 0 aliphatic rings. The van der Waals surface area contributed by atoms with Gasteiger partial charge >= 0.3 is 5.97 Å². The Hall–Kier alpha value is -0.610. The van der Waals surface area contributed by atoms with Crippen LogP contribution in [0.2, 0.25) is 0 Å². The predicted octanol–water partition coefficient (Wildman–Crippen LogP) is -0.443. The minimum atomic E-state index is -0.621. The Balaban J connectivity index is 3.26. The highest BCUT2D eigenvalue weighted by Crippen LogP contribution is 1.88. The summed E-state index contributed by atoms with van der Waals surface area (Å²) in [6.45, 7) is 1.39. The molecule has 0 spiro atoms. The van der Waals surface area contributed by atoms with Crippen LogP contribution in [0.3, 0.4) is 0 Å². The largest absolute Gasteiger partial charge is 0.461 e. The van der Waals surface area contributed by atoms with E-state index < -0.39 is 12.6 Å². The maximum absolute atomic E-state index is 10.3. The van der Waals surface area contributed by atoms with Gasteiger partial charge in [0.2, 0.25) is 0 Å². The lowest BCUT2D eigenvalue weighted by Crippen LogP contribution is -2.19. The molecule has 4 heteroatoms. The van der Waals surface area contributed by atoms with Crippen molar-refractivity contribution in [1.82, 2.24) is 0 Å². The fraction of sp³-hybridized carbons (Fsp3) is 0.833. The molecule has 1 unspecified atom stereocenters. The molecule has 0 radical (unpaired) electrons. The average Bonchev–Trinajstić information content (AvgIpc) is 1.99. The van der Waals surface area contributed by atoms with Crippen LogP contribution in [0.1, 0.15) is 6.92 Å². The topological polar surface area (TPSA) is 55.8 Å². The van der Waals surface area contributed by atoms with Gasteiger partial charge in [-0.3, -0.25) is 0 Å². The van der Waals surface area contributed by atoms with Crippen LogP contribution < -0.4 is 0 Å². The molecule has 0 aromatic rings. The Morgan fingerprint density at radius 1 is 1.70 bits per heavy atom. The maximum Gasteiger partial charge on any atom is 0.331 e. The van der Waals surface area contributed by atoms with Gasteiger partial charge in [-0.05, 0) is 6.92 Å². The molecule has 1 atom stereocenters. The fourth-order valence-electron chi connectivity index (χ4n) is 0.324. The number of methoxy groups -OCH3 is 1. The molecule has 0 rings (SSSR count). The minimum absolute atomic E-state index is 0.115. The number of aliphatic hydroxyl groups excluding tert-OH is 1. The van der Waals surface area contributed by atoms with E-state index in [1.807, 2.05) is 0 Å². The van der Waals surface area contributed by atoms with Gasteiger partial charge in [0.25, 0.3) is 0 Å². The fourth-order valence-corrected chi connectivity index (χ4v) is 0.324. The summed E-state index contributed by atoms with van der Waals surface area (Å²) in [5.74, 6) is -0.621. The molecule has 0 bridgehead atoms. The zero-order valence-electron chi connectivity index (χ0n) is 6.16. The van der Waals surface area contributed by atoms with Crippen molar-refractivity contribution in [2.75, 3.05) is 20.3 Å². The van der Waals surface area contributed by atoms with Gasteiger partial charge < -0.3 is 14.6 Å². The second-order valence-electron chi connectivity index (χ2n) is 1.89. The lowest BCUT2D eigenvalue weighted by molar-refractivity contribution is -0.150. The highest BCUT2D eigenvalue weighted by molar-refractivity contribution is 5.70. The lowest BCUT2D eigenvalue weighted by Gasteiger charge is -2.08. The molecule has 0 amide bonds. The van der Waals surface area contributed by atoms with Crippen molar-refractivity contribution in [2.24, 2.45) is 0 Å². The molecule has 0 saturated heterocycles. The number of ether oxygens (including phenoxy) is 2. The quantitative estimate of drug-likeness (QED) is 0.549. The normalized spacial score (nSPS) is 12.7. The number of esters is 1. The van der Waals surface area contributed by atoms with Crippen molar-refractivity contribution in [2.45, 2.75) is 13.0 Å². The van der Waals surface area contributed by atoms with Gasteiger partial charge in [-0.2, -0.15) is 0 Å². The van der Waals surface area contributed by atoms with Gasteiger partial charge in [-0.25, -0.2) is 4.79 Å². The average molecular weight is 148 g/mol. The number of hydrogen-bond donors (Lipinski definition) is 1. The van der Waals surface area contributed by atoms with Crippen molar-refractivity contribution in [3.63, 3.8) is 0 Å². The van der Waals surface area contributed by atoms with Crippen molar-refractivity contribution < 1.29 is 19.4 Å². The molecular formula is C6H12O4. The highest BCUT2D eigenvalue weighted by Gasteiger charge is 2.03. The molecule has 0 aliphatic carbocycles. The first kappa shape index (κ1) is 9.39. The van der Waals surface area contributed by atoms with E-state index in [-0.39, 0.29) is 12.7 Å². The summed E-state index contributed by atoms with van der Waals surface area (Å²) in [6.07, 6.45) is -0.115. The van der Waals surface area contributed by atoms with Crippen LogP contribution in [0.5, 0.6) is 0 Å². The molecular weight excluding hydrogens is 136 g/mol. The van der Waals surface area contributed by atoms with Crippen LogP contribution in [0.25, 0.3) is 0 Å². The predicted molar refractivity (Wildman–Crippen MR) is 34.5 cm³/mol. The van der Waals surface area contributed by atoms with E-state index in [0.717, 1.165) is 0 Å². The van der Waals surface area contributed by atoms with Gasteiger partial charge in [-0.15, -0.1) is 0 Å². The van der Waals surface area contributed by atoms with E-state index in [2.05, 4.69) is 4.74 Å². The summed E-state index contributed by atoms with van der Waals surface area (Å²) in [5, 5.41) is 8.21. The van der Waals surface area contributed by atoms with Gasteiger partial charge in [0.15, 0.2) is 0 Å². The Bertz CT molecular complexity index is 102.